The fourth-order valence-corrected chi connectivity index (χ4v) is 3.68. The topological polar surface area (TPSA) is 58.6 Å². The van der Waals surface area contributed by atoms with Crippen LogP contribution < -0.4 is 9.64 Å². The highest BCUT2D eigenvalue weighted by molar-refractivity contribution is 6.31. The maximum atomic E-state index is 12.6. The van der Waals surface area contributed by atoms with E-state index in [-0.39, 0.29) is 5.91 Å². The third kappa shape index (κ3) is 5.65. The van der Waals surface area contributed by atoms with E-state index in [9.17, 15) is 4.79 Å². The zero-order valence-electron chi connectivity index (χ0n) is 17.9. The van der Waals surface area contributed by atoms with E-state index in [2.05, 4.69) is 14.9 Å². The molecule has 1 aliphatic heterocycles. The quantitative estimate of drug-likeness (QED) is 0.524. The number of hydrogen-bond acceptors (Lipinski definition) is 5. The monoisotopic (exact) mass is 448 g/mol. The smallest absolute Gasteiger partial charge is 0.246 e. The van der Waals surface area contributed by atoms with Gasteiger partial charge < -0.3 is 14.5 Å². The van der Waals surface area contributed by atoms with E-state index in [1.54, 1.807) is 12.4 Å². The summed E-state index contributed by atoms with van der Waals surface area (Å²) in [5.74, 6) is 1.68. The molecule has 0 unspecified atom stereocenters. The molecule has 164 valence electrons. The summed E-state index contributed by atoms with van der Waals surface area (Å²) in [5.41, 5.74) is 2.83. The number of rotatable bonds is 6. The Bertz CT molecular complexity index is 1090. The predicted octanol–water partition coefficient (Wildman–Crippen LogP) is 4.38. The van der Waals surface area contributed by atoms with Gasteiger partial charge in [0.1, 0.15) is 24.5 Å². The molecule has 6 nitrogen and oxygen atoms in total. The number of ether oxygens (including phenoxy) is 1. The highest BCUT2D eigenvalue weighted by atomic mass is 35.5. The van der Waals surface area contributed by atoms with Crippen molar-refractivity contribution < 1.29 is 9.53 Å². The molecule has 32 heavy (non-hydrogen) atoms. The summed E-state index contributed by atoms with van der Waals surface area (Å²) in [6, 6.07) is 17.2. The van der Waals surface area contributed by atoms with Crippen molar-refractivity contribution in [1.29, 1.82) is 0 Å². The van der Waals surface area contributed by atoms with Crippen LogP contribution in [0.4, 0.5) is 5.82 Å². The summed E-state index contributed by atoms with van der Waals surface area (Å²) in [7, 11) is 0. The van der Waals surface area contributed by atoms with E-state index in [0.29, 0.717) is 24.7 Å². The highest BCUT2D eigenvalue weighted by Gasteiger charge is 2.20. The maximum Gasteiger partial charge on any atom is 0.246 e. The van der Waals surface area contributed by atoms with Gasteiger partial charge in [0.15, 0.2) is 0 Å². The second-order valence-corrected chi connectivity index (χ2v) is 8.02. The van der Waals surface area contributed by atoms with Gasteiger partial charge in [0.05, 0.1) is 0 Å². The van der Waals surface area contributed by atoms with Crippen LogP contribution in [0, 0.1) is 6.92 Å². The molecule has 0 radical (unpaired) electrons. The van der Waals surface area contributed by atoms with Crippen LogP contribution in [0.15, 0.2) is 67.0 Å². The Labute approximate surface area is 193 Å². The molecule has 1 fully saturated rings. The number of aryl methyl sites for hydroxylation is 1. The summed E-state index contributed by atoms with van der Waals surface area (Å²) in [6.07, 6.45) is 5.04. The zero-order chi connectivity index (χ0) is 22.3. The first kappa shape index (κ1) is 21.8. The summed E-state index contributed by atoms with van der Waals surface area (Å²) in [4.78, 5) is 25.1. The largest absolute Gasteiger partial charge is 0.489 e. The molecular weight excluding hydrogens is 424 g/mol. The summed E-state index contributed by atoms with van der Waals surface area (Å²) >= 11 is 6.16. The van der Waals surface area contributed by atoms with Crippen molar-refractivity contribution in [2.24, 2.45) is 0 Å². The van der Waals surface area contributed by atoms with Gasteiger partial charge >= 0.3 is 0 Å². The first-order valence-electron chi connectivity index (χ1n) is 10.6. The van der Waals surface area contributed by atoms with Gasteiger partial charge in [-0.3, -0.25) is 4.79 Å². The van der Waals surface area contributed by atoms with Gasteiger partial charge in [0.25, 0.3) is 0 Å². The average molecular weight is 449 g/mol. The van der Waals surface area contributed by atoms with E-state index in [1.165, 1.54) is 0 Å². The van der Waals surface area contributed by atoms with Crippen LogP contribution in [0.25, 0.3) is 6.08 Å². The first-order valence-corrected chi connectivity index (χ1v) is 10.9. The Balaban J connectivity index is 1.27. The summed E-state index contributed by atoms with van der Waals surface area (Å²) in [6.45, 7) is 5.21. The van der Waals surface area contributed by atoms with Gasteiger partial charge in [0, 0.05) is 54.6 Å². The minimum atomic E-state index is 0.0163. The number of aromatic nitrogens is 2. The van der Waals surface area contributed by atoms with Crippen LogP contribution in [0.5, 0.6) is 5.75 Å². The number of carbonyl (C=O) groups is 1. The second kappa shape index (κ2) is 10.3. The molecule has 1 aliphatic rings. The van der Waals surface area contributed by atoms with Gasteiger partial charge in [0.2, 0.25) is 5.91 Å². The van der Waals surface area contributed by atoms with E-state index in [0.717, 1.165) is 41.5 Å². The lowest BCUT2D eigenvalue weighted by Crippen LogP contribution is -2.48. The molecule has 2 heterocycles. The SMILES string of the molecule is Cc1cc(N2CCN(C(=O)/C=C/c3ccc(OCc4ccccc4Cl)cc3)CC2)ncn1. The lowest BCUT2D eigenvalue weighted by Gasteiger charge is -2.34. The number of nitrogens with zero attached hydrogens (tertiary/aromatic N) is 4. The van der Waals surface area contributed by atoms with Crippen molar-refractivity contribution in [1.82, 2.24) is 14.9 Å². The molecular formula is C25H25ClN4O2. The molecule has 2 aromatic carbocycles. The van der Waals surface area contributed by atoms with Crippen molar-refractivity contribution >= 4 is 29.4 Å². The standard InChI is InChI=1S/C25H25ClN4O2/c1-19-16-24(28-18-27-19)29-12-14-30(15-13-29)25(31)11-8-20-6-9-22(10-7-20)32-17-21-4-2-3-5-23(21)26/h2-11,16,18H,12-15,17H2,1H3/b11-8+. The van der Waals surface area contributed by atoms with Gasteiger partial charge in [-0.2, -0.15) is 0 Å². The summed E-state index contributed by atoms with van der Waals surface area (Å²) in [5, 5.41) is 0.693. The molecule has 7 heteroatoms. The molecule has 1 amide bonds. The number of benzene rings is 2. The van der Waals surface area contributed by atoms with Crippen LogP contribution in [-0.2, 0) is 11.4 Å². The molecule has 0 N–H and O–H groups in total. The fourth-order valence-electron chi connectivity index (χ4n) is 3.49. The van der Waals surface area contributed by atoms with Gasteiger partial charge in [-0.15, -0.1) is 0 Å². The molecule has 1 aromatic heterocycles. The number of hydrogen-bond donors (Lipinski definition) is 0. The van der Waals surface area contributed by atoms with Gasteiger partial charge in [-0.25, -0.2) is 9.97 Å². The molecule has 0 atom stereocenters. The number of anilines is 1. The van der Waals surface area contributed by atoms with Gasteiger partial charge in [-0.05, 0) is 36.8 Å². The van der Waals surface area contributed by atoms with Crippen LogP contribution in [-0.4, -0.2) is 47.0 Å². The van der Waals surface area contributed by atoms with Gasteiger partial charge in [-0.1, -0.05) is 41.9 Å². The fraction of sp³-hybridized carbons (Fsp3) is 0.240. The molecule has 0 saturated carbocycles. The third-order valence-electron chi connectivity index (χ3n) is 5.36. The highest BCUT2D eigenvalue weighted by Crippen LogP contribution is 2.19. The van der Waals surface area contributed by atoms with Crippen LogP contribution in [0.1, 0.15) is 16.8 Å². The minimum absolute atomic E-state index is 0.0163. The lowest BCUT2D eigenvalue weighted by atomic mass is 10.2. The Hall–Kier alpha value is -3.38. The second-order valence-electron chi connectivity index (χ2n) is 7.61. The van der Waals surface area contributed by atoms with Crippen molar-refractivity contribution in [2.45, 2.75) is 13.5 Å². The normalized spacial score (nSPS) is 14.1. The van der Waals surface area contributed by atoms with Crippen LogP contribution in [0.3, 0.4) is 0 Å². The van der Waals surface area contributed by atoms with Crippen LogP contribution in [0.2, 0.25) is 5.02 Å². The Morgan fingerprint density at radius 2 is 1.81 bits per heavy atom. The minimum Gasteiger partial charge on any atom is -0.489 e. The third-order valence-corrected chi connectivity index (χ3v) is 5.72. The molecule has 0 spiro atoms. The Morgan fingerprint density at radius 3 is 2.53 bits per heavy atom. The molecule has 0 bridgehead atoms. The molecule has 0 aliphatic carbocycles. The van der Waals surface area contributed by atoms with E-state index >= 15 is 0 Å². The number of halogens is 1. The van der Waals surface area contributed by atoms with E-state index in [4.69, 9.17) is 16.3 Å². The maximum absolute atomic E-state index is 12.6. The van der Waals surface area contributed by atoms with E-state index in [1.807, 2.05) is 72.5 Å². The number of piperazine rings is 1. The summed E-state index contributed by atoms with van der Waals surface area (Å²) < 4.78 is 5.81. The molecule has 3 aromatic rings. The average Bonchev–Trinajstić information content (AvgIpc) is 2.83. The Morgan fingerprint density at radius 1 is 1.06 bits per heavy atom. The van der Waals surface area contributed by atoms with E-state index < -0.39 is 0 Å². The predicted molar refractivity (Wildman–Crippen MR) is 127 cm³/mol. The van der Waals surface area contributed by atoms with Crippen molar-refractivity contribution in [3.8, 4) is 5.75 Å². The molecule has 1 saturated heterocycles. The molecule has 4 rings (SSSR count). The van der Waals surface area contributed by atoms with Crippen molar-refractivity contribution in [2.75, 3.05) is 31.1 Å². The number of amides is 1. The number of carbonyl (C=O) groups excluding carboxylic acids is 1. The van der Waals surface area contributed by atoms with Crippen molar-refractivity contribution in [3.05, 3.63) is 88.8 Å². The Kier molecular flexibility index (Phi) is 7.02. The first-order chi connectivity index (χ1) is 15.6. The van der Waals surface area contributed by atoms with Crippen LogP contribution >= 0.6 is 11.6 Å². The zero-order valence-corrected chi connectivity index (χ0v) is 18.7. The van der Waals surface area contributed by atoms with Crippen molar-refractivity contribution in [3.63, 3.8) is 0 Å². The lowest BCUT2D eigenvalue weighted by molar-refractivity contribution is -0.126.